The minimum atomic E-state index is -4.58. The zero-order valence-corrected chi connectivity index (χ0v) is 13.0. The average Bonchev–Trinajstić information content (AvgIpc) is 2.92. The van der Waals surface area contributed by atoms with Gasteiger partial charge in [-0.05, 0) is 11.6 Å². The lowest BCUT2D eigenvalue weighted by Crippen LogP contribution is -2.09. The second-order valence-electron chi connectivity index (χ2n) is 5.59. The van der Waals surface area contributed by atoms with Gasteiger partial charge in [0.15, 0.2) is 0 Å². The smallest absolute Gasteiger partial charge is 0.342 e. The lowest BCUT2D eigenvalue weighted by Gasteiger charge is -2.08. The molecule has 0 aliphatic rings. The van der Waals surface area contributed by atoms with Gasteiger partial charge in [-0.2, -0.15) is 13.2 Å². The molecule has 1 aromatic heterocycles. The fraction of sp³-hybridized carbons (Fsp3) is 0.111. The molecule has 0 fully saturated rings. The number of allylic oxidation sites excluding steroid dienone is 1. The maximum absolute atomic E-state index is 13.1. The molecule has 0 amide bonds. The van der Waals surface area contributed by atoms with Crippen LogP contribution in [0.4, 0.5) is 18.9 Å². The van der Waals surface area contributed by atoms with Gasteiger partial charge in [-0.25, -0.2) is 0 Å². The summed E-state index contributed by atoms with van der Waals surface area (Å²) in [5.41, 5.74) is 0.00380. The van der Waals surface area contributed by atoms with Gasteiger partial charge in [0.25, 0.3) is 5.69 Å². The first-order valence-electron chi connectivity index (χ1n) is 7.35. The molecular formula is C18H13F3N2O2. The first kappa shape index (κ1) is 16.8. The normalized spacial score (nSPS) is 11.6. The quantitative estimate of drug-likeness (QED) is 0.483. The van der Waals surface area contributed by atoms with Crippen molar-refractivity contribution in [3.8, 4) is 0 Å². The number of aromatic nitrogens is 1. The Balaban J connectivity index is 2.18. The summed E-state index contributed by atoms with van der Waals surface area (Å²) in [5.74, 6) is 0. The van der Waals surface area contributed by atoms with Crippen molar-refractivity contribution in [2.24, 2.45) is 0 Å². The SMILES string of the molecule is C=C(c1cn(Cc2ccccc2)c2cc([N+](=O)[O-])ccc12)C(F)(F)F. The summed E-state index contributed by atoms with van der Waals surface area (Å²) in [4.78, 5) is 10.4. The second-order valence-corrected chi connectivity index (χ2v) is 5.59. The highest BCUT2D eigenvalue weighted by molar-refractivity contribution is 5.94. The molecule has 2 aromatic carbocycles. The van der Waals surface area contributed by atoms with Crippen LogP contribution in [0.25, 0.3) is 16.5 Å². The van der Waals surface area contributed by atoms with Gasteiger partial charge >= 0.3 is 6.18 Å². The molecule has 0 unspecified atom stereocenters. The van der Waals surface area contributed by atoms with Crippen molar-refractivity contribution >= 4 is 22.2 Å². The summed E-state index contributed by atoms with van der Waals surface area (Å²) in [6.45, 7) is 3.45. The van der Waals surface area contributed by atoms with Gasteiger partial charge in [-0.15, -0.1) is 0 Å². The monoisotopic (exact) mass is 346 g/mol. The van der Waals surface area contributed by atoms with Gasteiger partial charge in [0.1, 0.15) is 0 Å². The number of nitro groups is 1. The maximum Gasteiger partial charge on any atom is 0.416 e. The predicted octanol–water partition coefficient (Wildman–Crippen LogP) is 5.17. The highest BCUT2D eigenvalue weighted by Crippen LogP contribution is 2.38. The molecule has 0 aliphatic carbocycles. The molecule has 128 valence electrons. The van der Waals surface area contributed by atoms with E-state index in [1.54, 1.807) is 4.57 Å². The highest BCUT2D eigenvalue weighted by Gasteiger charge is 2.34. The molecule has 4 nitrogen and oxygen atoms in total. The molecule has 1 heterocycles. The van der Waals surface area contributed by atoms with E-state index in [2.05, 4.69) is 6.58 Å². The first-order valence-corrected chi connectivity index (χ1v) is 7.35. The van der Waals surface area contributed by atoms with Crippen molar-refractivity contribution in [2.45, 2.75) is 12.7 Å². The Morgan fingerprint density at radius 2 is 1.84 bits per heavy atom. The largest absolute Gasteiger partial charge is 0.416 e. The van der Waals surface area contributed by atoms with Crippen LogP contribution in [-0.4, -0.2) is 15.7 Å². The summed E-state index contributed by atoms with van der Waals surface area (Å²) in [6, 6.07) is 13.0. The van der Waals surface area contributed by atoms with Crippen molar-refractivity contribution in [3.63, 3.8) is 0 Å². The van der Waals surface area contributed by atoms with E-state index in [9.17, 15) is 23.3 Å². The standard InChI is InChI=1S/C18H13F3N2O2/c1-12(18(19,20)21)16-11-22(10-13-5-3-2-4-6-13)17-9-14(23(24)25)7-8-15(16)17/h2-9,11H,1,10H2. The Hall–Kier alpha value is -3.09. The minimum Gasteiger partial charge on any atom is -0.342 e. The third kappa shape index (κ3) is 3.26. The van der Waals surface area contributed by atoms with Crippen molar-refractivity contribution in [1.29, 1.82) is 0 Å². The third-order valence-corrected chi connectivity index (χ3v) is 3.94. The summed E-state index contributed by atoms with van der Waals surface area (Å²) in [5, 5.41) is 11.3. The molecule has 3 aromatic rings. The van der Waals surface area contributed by atoms with Crippen LogP contribution >= 0.6 is 0 Å². The molecule has 0 N–H and O–H groups in total. The zero-order valence-electron chi connectivity index (χ0n) is 13.0. The van der Waals surface area contributed by atoms with Crippen molar-refractivity contribution < 1.29 is 18.1 Å². The number of rotatable bonds is 4. The first-order chi connectivity index (χ1) is 11.8. The summed E-state index contributed by atoms with van der Waals surface area (Å²) in [7, 11) is 0. The molecule has 0 aliphatic heterocycles. The van der Waals surface area contributed by atoms with E-state index in [1.165, 1.54) is 24.4 Å². The molecule has 0 spiro atoms. The van der Waals surface area contributed by atoms with Crippen molar-refractivity contribution in [1.82, 2.24) is 4.57 Å². The van der Waals surface area contributed by atoms with Crippen LogP contribution in [0.15, 0.2) is 61.3 Å². The number of hydrogen-bond acceptors (Lipinski definition) is 2. The molecule has 3 rings (SSSR count). The van der Waals surface area contributed by atoms with E-state index in [0.717, 1.165) is 5.56 Å². The number of non-ortho nitro benzene ring substituents is 1. The molecule has 0 saturated carbocycles. The maximum atomic E-state index is 13.1. The molecule has 0 atom stereocenters. The zero-order chi connectivity index (χ0) is 18.2. The summed E-state index contributed by atoms with van der Waals surface area (Å²) in [6.07, 6.45) is -3.23. The number of halogens is 3. The van der Waals surface area contributed by atoms with Gasteiger partial charge in [-0.1, -0.05) is 36.9 Å². The topological polar surface area (TPSA) is 48.1 Å². The van der Waals surface area contributed by atoms with E-state index in [4.69, 9.17) is 0 Å². The van der Waals surface area contributed by atoms with Crippen LogP contribution < -0.4 is 0 Å². The van der Waals surface area contributed by atoms with Gasteiger partial charge in [0.05, 0.1) is 16.0 Å². The Morgan fingerprint density at radius 3 is 2.44 bits per heavy atom. The number of hydrogen-bond donors (Lipinski definition) is 0. The van der Waals surface area contributed by atoms with Gasteiger partial charge in [0, 0.05) is 35.8 Å². The second kappa shape index (κ2) is 6.08. The van der Waals surface area contributed by atoms with Crippen LogP contribution in [0.1, 0.15) is 11.1 Å². The van der Waals surface area contributed by atoms with Gasteiger partial charge < -0.3 is 4.57 Å². The fourth-order valence-corrected chi connectivity index (χ4v) is 2.70. The third-order valence-electron chi connectivity index (χ3n) is 3.94. The molecule has 25 heavy (non-hydrogen) atoms. The van der Waals surface area contributed by atoms with Crippen molar-refractivity contribution in [2.75, 3.05) is 0 Å². The van der Waals surface area contributed by atoms with E-state index >= 15 is 0 Å². The number of alkyl halides is 3. The number of fused-ring (bicyclic) bond motifs is 1. The highest BCUT2D eigenvalue weighted by atomic mass is 19.4. The van der Waals surface area contributed by atoms with Crippen LogP contribution in [0.3, 0.4) is 0 Å². The molecular weight excluding hydrogens is 333 g/mol. The fourth-order valence-electron chi connectivity index (χ4n) is 2.70. The van der Waals surface area contributed by atoms with E-state index in [0.29, 0.717) is 12.1 Å². The van der Waals surface area contributed by atoms with E-state index in [-0.39, 0.29) is 16.6 Å². The van der Waals surface area contributed by atoms with E-state index in [1.807, 2.05) is 30.3 Å². The summed E-state index contributed by atoms with van der Waals surface area (Å²) < 4.78 is 40.8. The Bertz CT molecular complexity index is 960. The Morgan fingerprint density at radius 1 is 1.16 bits per heavy atom. The molecule has 0 radical (unpaired) electrons. The average molecular weight is 346 g/mol. The molecule has 0 bridgehead atoms. The Kier molecular flexibility index (Phi) is 4.08. The van der Waals surface area contributed by atoms with Crippen molar-refractivity contribution in [3.05, 3.63) is 82.5 Å². The minimum absolute atomic E-state index is 0.0756. The van der Waals surface area contributed by atoms with E-state index < -0.39 is 16.7 Å². The predicted molar refractivity (Wildman–Crippen MR) is 89.2 cm³/mol. The summed E-state index contributed by atoms with van der Waals surface area (Å²) >= 11 is 0. The van der Waals surface area contributed by atoms with Crippen LogP contribution in [-0.2, 0) is 6.54 Å². The lowest BCUT2D eigenvalue weighted by atomic mass is 10.1. The number of nitrogens with zero attached hydrogens (tertiary/aromatic N) is 2. The van der Waals surface area contributed by atoms with Gasteiger partial charge in [-0.3, -0.25) is 10.1 Å². The van der Waals surface area contributed by atoms with Crippen LogP contribution in [0.5, 0.6) is 0 Å². The van der Waals surface area contributed by atoms with Gasteiger partial charge in [0.2, 0.25) is 0 Å². The number of benzene rings is 2. The van der Waals surface area contributed by atoms with Crippen LogP contribution in [0, 0.1) is 10.1 Å². The molecule has 0 saturated heterocycles. The lowest BCUT2D eigenvalue weighted by molar-refractivity contribution is -0.384. The van der Waals surface area contributed by atoms with Crippen LogP contribution in [0.2, 0.25) is 0 Å². The number of nitro benzene ring substituents is 1. The Labute approximate surface area is 141 Å². The molecule has 7 heteroatoms.